The van der Waals surface area contributed by atoms with E-state index in [1.165, 1.54) is 22.6 Å². The molecule has 0 fully saturated rings. The fourth-order valence-electron chi connectivity index (χ4n) is 1.76. The van der Waals surface area contributed by atoms with E-state index in [1.54, 1.807) is 0 Å². The Balaban J connectivity index is 3.33. The van der Waals surface area contributed by atoms with Crippen molar-refractivity contribution in [2.75, 3.05) is 0 Å². The molecule has 0 saturated heterocycles. The van der Waals surface area contributed by atoms with Crippen molar-refractivity contribution in [2.45, 2.75) is 52.9 Å². The molecular weight excluding hydrogens is 204 g/mol. The first kappa shape index (κ1) is 14.0. The van der Waals surface area contributed by atoms with Gasteiger partial charge in [0.1, 0.15) is 0 Å². The number of hydrogen-bond acceptors (Lipinski definition) is 0. The van der Waals surface area contributed by atoms with Crippen molar-refractivity contribution in [3.05, 3.63) is 53.5 Å². The van der Waals surface area contributed by atoms with E-state index >= 15 is 0 Å². The summed E-state index contributed by atoms with van der Waals surface area (Å²) in [7, 11) is 0. The van der Waals surface area contributed by atoms with Gasteiger partial charge < -0.3 is 0 Å². The van der Waals surface area contributed by atoms with Gasteiger partial charge in [0, 0.05) is 5.92 Å². The summed E-state index contributed by atoms with van der Waals surface area (Å²) in [6.07, 6.45) is 1.94. The van der Waals surface area contributed by atoms with E-state index in [0.717, 1.165) is 0 Å². The van der Waals surface area contributed by atoms with Crippen molar-refractivity contribution in [2.24, 2.45) is 0 Å². The first-order chi connectivity index (χ1) is 7.75. The number of benzene rings is 1. The standard InChI is InChI=1S/C17H25/c1-8-13(4)15-9-14(12(2)3)10-16(11-15)17(5,6)7/h8-12H,1H2,2-7H3. The lowest BCUT2D eigenvalue weighted by Gasteiger charge is -2.23. The van der Waals surface area contributed by atoms with Crippen LogP contribution in [0.1, 0.15) is 64.2 Å². The van der Waals surface area contributed by atoms with E-state index in [-0.39, 0.29) is 5.41 Å². The summed E-state index contributed by atoms with van der Waals surface area (Å²) in [5, 5.41) is 0. The molecule has 0 heterocycles. The lowest BCUT2D eigenvalue weighted by atomic mass is 9.82. The van der Waals surface area contributed by atoms with Gasteiger partial charge in [-0.2, -0.15) is 0 Å². The average Bonchev–Trinajstić information content (AvgIpc) is 2.26. The molecule has 0 amide bonds. The van der Waals surface area contributed by atoms with Crippen molar-refractivity contribution in [1.29, 1.82) is 0 Å². The van der Waals surface area contributed by atoms with Gasteiger partial charge in [-0.15, -0.1) is 6.58 Å². The van der Waals surface area contributed by atoms with Crippen LogP contribution in [0.3, 0.4) is 0 Å². The van der Waals surface area contributed by atoms with Crippen LogP contribution in [0.25, 0.3) is 0 Å². The summed E-state index contributed by atoms with van der Waals surface area (Å²) in [6, 6.07) is 6.92. The third-order valence-corrected chi connectivity index (χ3v) is 3.25. The third kappa shape index (κ3) is 3.46. The highest BCUT2D eigenvalue weighted by Gasteiger charge is 2.17. The molecule has 0 aliphatic carbocycles. The van der Waals surface area contributed by atoms with Crippen molar-refractivity contribution < 1.29 is 0 Å². The maximum atomic E-state index is 3.87. The molecule has 0 aliphatic rings. The molecule has 1 radical (unpaired) electrons. The Morgan fingerprint density at radius 1 is 1.18 bits per heavy atom. The molecule has 0 bridgehead atoms. The van der Waals surface area contributed by atoms with Gasteiger partial charge in [-0.25, -0.2) is 0 Å². The Labute approximate surface area is 107 Å². The Morgan fingerprint density at radius 2 is 1.76 bits per heavy atom. The number of hydrogen-bond donors (Lipinski definition) is 0. The van der Waals surface area contributed by atoms with E-state index in [2.05, 4.69) is 66.3 Å². The molecule has 0 spiro atoms. The van der Waals surface area contributed by atoms with Gasteiger partial charge in [0.25, 0.3) is 0 Å². The van der Waals surface area contributed by atoms with E-state index in [0.29, 0.717) is 5.92 Å². The summed E-state index contributed by atoms with van der Waals surface area (Å²) in [4.78, 5) is 0. The van der Waals surface area contributed by atoms with Gasteiger partial charge in [0.2, 0.25) is 0 Å². The zero-order valence-corrected chi connectivity index (χ0v) is 12.1. The molecule has 0 aromatic heterocycles. The SMILES string of the molecule is C=C[C](C)c1cc(C(C)C)cc(C(C)(C)C)c1. The molecule has 93 valence electrons. The summed E-state index contributed by atoms with van der Waals surface area (Å²) >= 11 is 0. The second kappa shape index (κ2) is 5.08. The van der Waals surface area contributed by atoms with Gasteiger partial charge in [0.05, 0.1) is 0 Å². The Bertz CT molecular complexity index is 391. The van der Waals surface area contributed by atoms with E-state index in [9.17, 15) is 0 Å². The van der Waals surface area contributed by atoms with Crippen LogP contribution >= 0.6 is 0 Å². The van der Waals surface area contributed by atoms with Crippen molar-refractivity contribution in [3.63, 3.8) is 0 Å². The molecule has 1 rings (SSSR count). The number of rotatable bonds is 3. The quantitative estimate of drug-likeness (QED) is 0.665. The van der Waals surface area contributed by atoms with Crippen molar-refractivity contribution in [3.8, 4) is 0 Å². The first-order valence-corrected chi connectivity index (χ1v) is 6.37. The summed E-state index contributed by atoms with van der Waals surface area (Å²) in [5.74, 6) is 1.81. The minimum atomic E-state index is 0.196. The van der Waals surface area contributed by atoms with E-state index in [1.807, 2.05) is 6.08 Å². The fourth-order valence-corrected chi connectivity index (χ4v) is 1.76. The average molecular weight is 229 g/mol. The molecule has 0 aliphatic heterocycles. The second-order valence-electron chi connectivity index (χ2n) is 6.14. The molecule has 17 heavy (non-hydrogen) atoms. The Morgan fingerprint density at radius 3 is 2.18 bits per heavy atom. The first-order valence-electron chi connectivity index (χ1n) is 6.37. The van der Waals surface area contributed by atoms with Crippen LogP contribution < -0.4 is 0 Å². The second-order valence-corrected chi connectivity index (χ2v) is 6.14. The molecule has 0 atom stereocenters. The normalized spacial score (nSPS) is 12.2. The van der Waals surface area contributed by atoms with Crippen molar-refractivity contribution in [1.82, 2.24) is 0 Å². The van der Waals surface area contributed by atoms with Crippen LogP contribution in [-0.2, 0) is 5.41 Å². The van der Waals surface area contributed by atoms with Gasteiger partial charge >= 0.3 is 0 Å². The van der Waals surface area contributed by atoms with Gasteiger partial charge in [-0.3, -0.25) is 0 Å². The molecule has 0 unspecified atom stereocenters. The summed E-state index contributed by atoms with van der Waals surface area (Å²) < 4.78 is 0. The van der Waals surface area contributed by atoms with Gasteiger partial charge in [-0.1, -0.05) is 65.8 Å². The monoisotopic (exact) mass is 229 g/mol. The smallest absolute Gasteiger partial charge is 0.0230 e. The lowest BCUT2D eigenvalue weighted by molar-refractivity contribution is 0.588. The maximum absolute atomic E-state index is 3.87. The van der Waals surface area contributed by atoms with Gasteiger partial charge in [-0.05, 0) is 28.0 Å². The van der Waals surface area contributed by atoms with E-state index < -0.39 is 0 Å². The predicted octanol–water partition coefficient (Wildman–Crippen LogP) is 5.24. The largest absolute Gasteiger partial charge is 0.102 e. The van der Waals surface area contributed by atoms with Gasteiger partial charge in [0.15, 0.2) is 0 Å². The Hall–Kier alpha value is -1.04. The predicted molar refractivity (Wildman–Crippen MR) is 77.4 cm³/mol. The van der Waals surface area contributed by atoms with Crippen molar-refractivity contribution >= 4 is 0 Å². The minimum Gasteiger partial charge on any atom is -0.102 e. The highest BCUT2D eigenvalue weighted by Crippen LogP contribution is 2.30. The minimum absolute atomic E-state index is 0.196. The zero-order chi connectivity index (χ0) is 13.2. The van der Waals surface area contributed by atoms with Crippen LogP contribution in [0, 0.1) is 5.92 Å². The molecule has 0 saturated carbocycles. The van der Waals surface area contributed by atoms with Crippen LogP contribution in [0.2, 0.25) is 0 Å². The molecular formula is C17H25. The van der Waals surface area contributed by atoms with Crippen LogP contribution in [0.4, 0.5) is 0 Å². The maximum Gasteiger partial charge on any atom is 0.0230 e. The molecule has 0 N–H and O–H groups in total. The summed E-state index contributed by atoms with van der Waals surface area (Å²) in [5.41, 5.74) is 4.31. The zero-order valence-electron chi connectivity index (χ0n) is 12.1. The van der Waals surface area contributed by atoms with Crippen LogP contribution in [-0.4, -0.2) is 0 Å². The van der Waals surface area contributed by atoms with Crippen LogP contribution in [0.5, 0.6) is 0 Å². The molecule has 0 heteroatoms. The van der Waals surface area contributed by atoms with E-state index in [4.69, 9.17) is 0 Å². The molecule has 0 nitrogen and oxygen atoms in total. The summed E-state index contributed by atoms with van der Waals surface area (Å²) in [6.45, 7) is 17.3. The molecule has 1 aromatic carbocycles. The van der Waals surface area contributed by atoms with Crippen LogP contribution in [0.15, 0.2) is 30.9 Å². The third-order valence-electron chi connectivity index (χ3n) is 3.25. The topological polar surface area (TPSA) is 0 Å². The highest BCUT2D eigenvalue weighted by molar-refractivity contribution is 5.43. The Kier molecular flexibility index (Phi) is 4.19. The molecule has 1 aromatic rings. The highest BCUT2D eigenvalue weighted by atomic mass is 14.2. The fraction of sp³-hybridized carbons (Fsp3) is 0.471. The lowest BCUT2D eigenvalue weighted by Crippen LogP contribution is -2.13. The number of allylic oxidation sites excluding steroid dienone is 1.